The van der Waals surface area contributed by atoms with Crippen molar-refractivity contribution in [1.82, 2.24) is 18.7 Å². The summed E-state index contributed by atoms with van der Waals surface area (Å²) in [6.45, 7) is 2.03. The topological polar surface area (TPSA) is 95.4 Å². The van der Waals surface area contributed by atoms with Gasteiger partial charge in [-0.2, -0.15) is 10.1 Å². The first-order valence-electron chi connectivity index (χ1n) is 8.75. The highest BCUT2D eigenvalue weighted by atomic mass is 35.5. The van der Waals surface area contributed by atoms with Crippen LogP contribution in [0.25, 0.3) is 11.2 Å². The third-order valence-corrected chi connectivity index (χ3v) is 4.55. The van der Waals surface area contributed by atoms with E-state index in [1.54, 1.807) is 37.9 Å². The normalized spacial score (nSPS) is 12.1. The molecule has 3 rings (SSSR count). The average Bonchev–Trinajstić information content (AvgIpc) is 3.08. The first-order valence-corrected chi connectivity index (χ1v) is 9.13. The number of nitrogens with one attached hydrogen (secondary N) is 1. The highest BCUT2D eigenvalue weighted by Crippen LogP contribution is 2.17. The zero-order valence-electron chi connectivity index (χ0n) is 16.5. The maximum absolute atomic E-state index is 12.7. The van der Waals surface area contributed by atoms with E-state index in [-0.39, 0.29) is 11.2 Å². The highest BCUT2D eigenvalue weighted by Gasteiger charge is 2.18. The van der Waals surface area contributed by atoms with E-state index in [4.69, 9.17) is 16.3 Å². The van der Waals surface area contributed by atoms with E-state index < -0.39 is 11.2 Å². The molecule has 0 atom stereocenters. The predicted molar refractivity (Wildman–Crippen MR) is 114 cm³/mol. The van der Waals surface area contributed by atoms with Crippen LogP contribution in [0.5, 0.6) is 5.75 Å². The van der Waals surface area contributed by atoms with Gasteiger partial charge in [0.1, 0.15) is 5.75 Å². The lowest BCUT2D eigenvalue weighted by molar-refractivity contribution is 0.415. The summed E-state index contributed by atoms with van der Waals surface area (Å²) in [5.74, 6) is 1.06. The van der Waals surface area contributed by atoms with Gasteiger partial charge in [-0.25, -0.2) is 10.2 Å². The Morgan fingerprint density at radius 2 is 1.93 bits per heavy atom. The number of methoxy groups -OCH3 is 1. The van der Waals surface area contributed by atoms with Gasteiger partial charge >= 0.3 is 5.69 Å². The Hall–Kier alpha value is -3.33. The summed E-state index contributed by atoms with van der Waals surface area (Å²) in [7, 11) is 4.59. The Bertz CT molecular complexity index is 1210. The molecule has 1 N–H and O–H groups in total. The highest BCUT2D eigenvalue weighted by molar-refractivity contribution is 6.29. The summed E-state index contributed by atoms with van der Waals surface area (Å²) in [5.41, 5.74) is 3.35. The van der Waals surface area contributed by atoms with Gasteiger partial charge in [0.2, 0.25) is 5.95 Å². The van der Waals surface area contributed by atoms with Crippen LogP contribution in [0.2, 0.25) is 0 Å². The average molecular weight is 417 g/mol. The number of allylic oxidation sites excluding steroid dienone is 2. The van der Waals surface area contributed by atoms with Crippen LogP contribution in [0.4, 0.5) is 5.95 Å². The molecule has 29 heavy (non-hydrogen) atoms. The molecular formula is C19H21ClN6O3. The molecule has 0 aliphatic rings. The maximum Gasteiger partial charge on any atom is 0.332 e. The van der Waals surface area contributed by atoms with Gasteiger partial charge in [0, 0.05) is 25.7 Å². The predicted octanol–water partition coefficient (Wildman–Crippen LogP) is 2.03. The van der Waals surface area contributed by atoms with Crippen molar-refractivity contribution in [1.29, 1.82) is 0 Å². The number of fused-ring (bicyclic) bond motifs is 1. The lowest BCUT2D eigenvalue weighted by Gasteiger charge is -2.07. The molecular weight excluding hydrogens is 396 g/mol. The van der Waals surface area contributed by atoms with Crippen molar-refractivity contribution in [3.05, 3.63) is 61.8 Å². The van der Waals surface area contributed by atoms with E-state index >= 15 is 0 Å². The molecule has 0 radical (unpaired) electrons. The zero-order valence-corrected chi connectivity index (χ0v) is 17.3. The fraction of sp³-hybridized carbons (Fsp3) is 0.263. The second kappa shape index (κ2) is 8.36. The maximum atomic E-state index is 12.7. The number of nitrogens with zero attached hydrogens (tertiary/aromatic N) is 5. The monoisotopic (exact) mass is 416 g/mol. The number of rotatable bonds is 6. The van der Waals surface area contributed by atoms with Crippen LogP contribution < -0.4 is 21.4 Å². The standard InChI is InChI=1S/C19H21ClN6O3/c1-12(20)9-10-26-15-16(24(2)19(28)25(3)17(15)27)22-18(26)23-21-11-13-5-7-14(29-4)8-6-13/h5-9,11H,10H2,1-4H3,(H,22,23). The molecule has 0 unspecified atom stereocenters. The van der Waals surface area contributed by atoms with Crippen LogP contribution in [-0.4, -0.2) is 32.0 Å². The lowest BCUT2D eigenvalue weighted by atomic mass is 10.2. The summed E-state index contributed by atoms with van der Waals surface area (Å²) in [6, 6.07) is 7.35. The fourth-order valence-corrected chi connectivity index (χ4v) is 2.85. The van der Waals surface area contributed by atoms with E-state index in [9.17, 15) is 9.59 Å². The fourth-order valence-electron chi connectivity index (χ4n) is 2.78. The van der Waals surface area contributed by atoms with Crippen molar-refractivity contribution in [2.75, 3.05) is 12.5 Å². The van der Waals surface area contributed by atoms with E-state index in [0.29, 0.717) is 17.5 Å². The molecule has 0 amide bonds. The number of aromatic nitrogens is 4. The quantitative estimate of drug-likeness (QED) is 0.490. The minimum atomic E-state index is -0.454. The van der Waals surface area contributed by atoms with Crippen LogP contribution in [0.3, 0.4) is 0 Å². The number of hydrogen-bond acceptors (Lipinski definition) is 6. The van der Waals surface area contributed by atoms with Crippen molar-refractivity contribution in [2.24, 2.45) is 19.2 Å². The van der Waals surface area contributed by atoms with Gasteiger partial charge in [-0.3, -0.25) is 18.5 Å². The SMILES string of the molecule is COc1ccc(C=NNc2nc3c(c(=O)n(C)c(=O)n3C)n2CC=C(C)Cl)cc1. The number of ether oxygens (including phenoxy) is 1. The Kier molecular flexibility index (Phi) is 5.88. The van der Waals surface area contributed by atoms with Crippen LogP contribution in [0, 0.1) is 0 Å². The molecule has 0 spiro atoms. The molecule has 1 aromatic carbocycles. The molecule has 0 bridgehead atoms. The van der Waals surface area contributed by atoms with Crippen molar-refractivity contribution >= 4 is 34.9 Å². The van der Waals surface area contributed by atoms with Gasteiger partial charge in [-0.1, -0.05) is 17.7 Å². The zero-order chi connectivity index (χ0) is 21.1. The van der Waals surface area contributed by atoms with Crippen molar-refractivity contribution in [3.8, 4) is 5.75 Å². The van der Waals surface area contributed by atoms with Gasteiger partial charge in [-0.15, -0.1) is 0 Å². The number of imidazole rings is 1. The molecule has 152 valence electrons. The van der Waals surface area contributed by atoms with E-state index in [1.807, 2.05) is 24.3 Å². The molecule has 0 saturated heterocycles. The van der Waals surface area contributed by atoms with Gasteiger partial charge in [-0.05, 0) is 36.8 Å². The molecule has 2 aromatic heterocycles. The van der Waals surface area contributed by atoms with Gasteiger partial charge < -0.3 is 4.74 Å². The molecule has 3 aromatic rings. The van der Waals surface area contributed by atoms with Gasteiger partial charge in [0.25, 0.3) is 5.56 Å². The van der Waals surface area contributed by atoms with E-state index in [1.165, 1.54) is 11.6 Å². The third-order valence-electron chi connectivity index (χ3n) is 4.40. The number of benzene rings is 1. The van der Waals surface area contributed by atoms with E-state index in [0.717, 1.165) is 15.9 Å². The summed E-state index contributed by atoms with van der Waals surface area (Å²) in [6.07, 6.45) is 3.36. The molecule has 10 heteroatoms. The van der Waals surface area contributed by atoms with Crippen LogP contribution in [0.15, 0.2) is 50.1 Å². The molecule has 0 aliphatic heterocycles. The smallest absolute Gasteiger partial charge is 0.332 e. The second-order valence-corrected chi connectivity index (χ2v) is 6.95. The van der Waals surface area contributed by atoms with Gasteiger partial charge in [0.15, 0.2) is 11.2 Å². The van der Waals surface area contributed by atoms with Crippen LogP contribution >= 0.6 is 11.6 Å². The minimum Gasteiger partial charge on any atom is -0.497 e. The number of hydrazone groups is 1. The Morgan fingerprint density at radius 1 is 1.24 bits per heavy atom. The number of halogens is 1. The number of aryl methyl sites for hydroxylation is 1. The van der Waals surface area contributed by atoms with Crippen molar-refractivity contribution in [3.63, 3.8) is 0 Å². The molecule has 2 heterocycles. The van der Waals surface area contributed by atoms with E-state index in [2.05, 4.69) is 15.5 Å². The first kappa shape index (κ1) is 20.4. The van der Waals surface area contributed by atoms with Crippen LogP contribution in [0.1, 0.15) is 12.5 Å². The summed E-state index contributed by atoms with van der Waals surface area (Å²) in [4.78, 5) is 29.3. The Labute approximate surface area is 171 Å². The Morgan fingerprint density at radius 3 is 2.55 bits per heavy atom. The molecule has 9 nitrogen and oxygen atoms in total. The Balaban J connectivity index is 2.04. The second-order valence-electron chi connectivity index (χ2n) is 6.36. The van der Waals surface area contributed by atoms with Crippen LogP contribution in [-0.2, 0) is 20.6 Å². The summed E-state index contributed by atoms with van der Waals surface area (Å²) < 4.78 is 9.13. The third kappa shape index (κ3) is 4.09. The lowest BCUT2D eigenvalue weighted by Crippen LogP contribution is -2.37. The summed E-state index contributed by atoms with van der Waals surface area (Å²) >= 11 is 5.96. The largest absolute Gasteiger partial charge is 0.497 e. The first-order chi connectivity index (χ1) is 13.8. The number of anilines is 1. The molecule has 0 fully saturated rings. The summed E-state index contributed by atoms with van der Waals surface area (Å²) in [5, 5.41) is 4.78. The van der Waals surface area contributed by atoms with Gasteiger partial charge in [0.05, 0.1) is 13.3 Å². The molecule has 0 saturated carbocycles. The minimum absolute atomic E-state index is 0.265. The molecule has 0 aliphatic carbocycles. The van der Waals surface area contributed by atoms with Crippen molar-refractivity contribution < 1.29 is 4.74 Å². The number of hydrogen-bond donors (Lipinski definition) is 1. The van der Waals surface area contributed by atoms with Crippen molar-refractivity contribution in [2.45, 2.75) is 13.5 Å².